The van der Waals surface area contributed by atoms with Gasteiger partial charge in [0.05, 0.1) is 103 Å². The number of aliphatic imine (C=N–C) groups is 4. The second-order valence-electron chi connectivity index (χ2n) is 45.6. The minimum absolute atomic E-state index is 0.0408. The third kappa shape index (κ3) is 19.9. The highest BCUT2D eigenvalue weighted by Gasteiger charge is 2.56. The number of para-hydroxylation sites is 4. The fourth-order valence-electron chi connectivity index (χ4n) is 23.0. The smallest absolute Gasteiger partial charge is 0.251 e. The summed E-state index contributed by atoms with van der Waals surface area (Å²) in [6.45, 7) is 38.5. The minimum Gasteiger partial charge on any atom is -0.493 e. The molecule has 8 aromatic rings. The van der Waals surface area contributed by atoms with Gasteiger partial charge in [-0.05, 0) is 265 Å². The summed E-state index contributed by atoms with van der Waals surface area (Å²) in [6.07, 6.45) is 3.26. The van der Waals surface area contributed by atoms with Crippen LogP contribution in [-0.2, 0) is 25.6 Å². The lowest BCUT2D eigenvalue weighted by Crippen LogP contribution is -2.62. The highest BCUT2D eigenvalue weighted by molar-refractivity contribution is 6.04. The van der Waals surface area contributed by atoms with E-state index in [1.54, 1.807) is 113 Å². The normalized spacial score (nSPS) is 29.5. The second kappa shape index (κ2) is 39.4. The molecule has 33 nitrogen and oxygen atoms in total. The molecular formula is C115H142N16O17. The topological polar surface area (TPSA) is 478 Å². The lowest BCUT2D eigenvalue weighted by Gasteiger charge is -2.49. The standard InChI is InChI=1S/3C29H36N4O4.C28H34N4O5/c2*1-6-29(5)15-23(34)33(27(30)32-29)21-13-16(2)18-12-11-17(14-20(18)21)26(36)31-24-19-9-7-8-10-22(19)37-28(3,4)25(24)35;1-6-29(5)15-22(34)33(27(30)32-29)24-16(2)13-17-11-12-18(14-20(17)24)26(36)31-23-19-9-7-8-10-21(19)37-28(3,4)25(23)35;1-26(2)15-22(33)32(25(29)31-26)19-12-13-36-20-11-10-16(14-18(19)20)24(34)30-23-17-8-6-7-9-21(17)37-27(3,4)28(23,5)35/h2*7-12,14,16,21,24-25,35H,6,13,15H2,1-5H3,(H2,30,32)(H,31,36);7-12,14,16,23-25,35H,6,13,15H2,1-5H3,(H2,30,32)(H,31,36);6-11,14,19,23,35H,12-13,15H2,1-5H3,(H2,29,31)(H,30,34)/t16-,21-,24+,25-,29+;16-,21-,24-,25+,29-;16-,23+,24+,25-,29+;19-,23-,28+/m0101/s1. The van der Waals surface area contributed by atoms with Gasteiger partial charge in [0.2, 0.25) is 23.6 Å². The molecule has 8 amide bonds. The number of hydrogen-bond acceptors (Lipinski definition) is 25. The van der Waals surface area contributed by atoms with Crippen LogP contribution in [0.2, 0.25) is 0 Å². The van der Waals surface area contributed by atoms with Crippen LogP contribution in [0.4, 0.5) is 0 Å². The van der Waals surface area contributed by atoms with Crippen LogP contribution in [0.25, 0.3) is 0 Å². The fraction of sp³-hybridized carbons (Fsp3) is 0.478. The number of carbonyl (C=O) groups is 8. The predicted octanol–water partition coefficient (Wildman–Crippen LogP) is 14.8. The summed E-state index contributed by atoms with van der Waals surface area (Å²) >= 11 is 0. The van der Waals surface area contributed by atoms with E-state index in [2.05, 4.69) is 62.0 Å². The summed E-state index contributed by atoms with van der Waals surface area (Å²) < 4.78 is 29.9. The van der Waals surface area contributed by atoms with Crippen molar-refractivity contribution < 1.29 is 82.5 Å². The molecule has 0 unspecified atom stereocenters. The molecular weight excluding hydrogens is 1880 g/mol. The van der Waals surface area contributed by atoms with Crippen molar-refractivity contribution in [3.8, 4) is 28.7 Å². The Morgan fingerprint density at radius 3 is 1.11 bits per heavy atom. The molecule has 9 heterocycles. The van der Waals surface area contributed by atoms with Crippen LogP contribution >= 0.6 is 0 Å². The van der Waals surface area contributed by atoms with Crippen LogP contribution in [0.1, 0.15) is 365 Å². The summed E-state index contributed by atoms with van der Waals surface area (Å²) in [5, 5.41) is 56.8. The first-order valence-corrected chi connectivity index (χ1v) is 51.6. The molecule has 33 heteroatoms. The number of rotatable bonds is 15. The highest BCUT2D eigenvalue weighted by Crippen LogP contribution is 2.53. The van der Waals surface area contributed by atoms with Crippen LogP contribution in [0.3, 0.4) is 0 Å². The second-order valence-corrected chi connectivity index (χ2v) is 45.6. The van der Waals surface area contributed by atoms with Gasteiger partial charge < -0.3 is 88.3 Å². The minimum atomic E-state index is -1.39. The molecule has 0 spiro atoms. The molecule has 8 aromatic carbocycles. The molecule has 784 valence electrons. The molecule has 148 heavy (non-hydrogen) atoms. The third-order valence-electron chi connectivity index (χ3n) is 32.5. The summed E-state index contributed by atoms with van der Waals surface area (Å²) in [6, 6.07) is 47.8. The number of amides is 8. The molecule has 0 aromatic heterocycles. The monoisotopic (exact) mass is 2020 g/mol. The Morgan fingerprint density at radius 1 is 0.378 bits per heavy atom. The molecule has 20 rings (SSSR count). The maximum absolute atomic E-state index is 13.6. The van der Waals surface area contributed by atoms with Gasteiger partial charge in [-0.1, -0.05) is 133 Å². The number of nitrogens with two attached hydrogens (primary N) is 4. The van der Waals surface area contributed by atoms with E-state index in [1.807, 2.05) is 189 Å². The Kier molecular flexibility index (Phi) is 28.1. The van der Waals surface area contributed by atoms with Crippen molar-refractivity contribution in [2.75, 3.05) is 6.61 Å². The van der Waals surface area contributed by atoms with Crippen molar-refractivity contribution in [3.63, 3.8) is 0 Å². The maximum Gasteiger partial charge on any atom is 0.251 e. The number of fused-ring (bicyclic) bond motifs is 8. The number of aliphatic hydroxyl groups is 4. The van der Waals surface area contributed by atoms with Crippen molar-refractivity contribution >= 4 is 71.1 Å². The van der Waals surface area contributed by atoms with Gasteiger partial charge in [0.15, 0.2) is 23.8 Å². The largest absolute Gasteiger partial charge is 0.493 e. The van der Waals surface area contributed by atoms with E-state index in [9.17, 15) is 58.8 Å². The molecule has 0 saturated heterocycles. The van der Waals surface area contributed by atoms with Crippen LogP contribution in [-0.4, -0.2) is 186 Å². The van der Waals surface area contributed by atoms with E-state index in [4.69, 9.17) is 46.6 Å². The number of benzene rings is 8. The first kappa shape index (κ1) is 106. The SMILES string of the molecule is CC1(C)CC(=O)N([C@@H]2CCOc3ccc(C(=O)N[C@@H]4c5ccccc5OC(C)(C)[C@@]4(C)O)cc32)C(N)=N1.CC[C@]1(C)CC(=O)N([C@@H]2C[C@@H](C)c3ccc(C(=O)N[C@@H]4c5ccccc5OC(C)(C)[C@H]4O)cc32)C(N)=N1.CC[C@]1(C)CC(=O)N([C@H]2C[C@H](C)c3ccc(C(=O)N[C@@H]4c5ccccc5OC(C)(C)[C@H]4O)cc32)C(N)=N1.CC[C@]1(C)CC(=O)N([C@H]2c3cc(C(=O)N[C@@H]4c5ccccc5OC(C)(C)[C@H]4O)ccc3C[C@@H]2C)C(N)=N1. The van der Waals surface area contributed by atoms with Crippen molar-refractivity contribution in [1.29, 1.82) is 0 Å². The molecule has 16 N–H and O–H groups in total. The van der Waals surface area contributed by atoms with Crippen molar-refractivity contribution in [2.24, 2.45) is 48.8 Å². The third-order valence-corrected chi connectivity index (χ3v) is 32.5. The van der Waals surface area contributed by atoms with Crippen molar-refractivity contribution in [2.45, 2.75) is 338 Å². The zero-order valence-corrected chi connectivity index (χ0v) is 88.2. The van der Waals surface area contributed by atoms with Crippen LogP contribution < -0.4 is 67.9 Å². The van der Waals surface area contributed by atoms with Crippen LogP contribution in [0.15, 0.2) is 190 Å². The first-order valence-electron chi connectivity index (χ1n) is 51.6. The molecule has 0 bridgehead atoms. The molecule has 18 atom stereocenters. The van der Waals surface area contributed by atoms with Gasteiger partial charge in [0, 0.05) is 56.5 Å². The predicted molar refractivity (Wildman–Crippen MR) is 562 cm³/mol. The Balaban J connectivity index is 0.000000135. The van der Waals surface area contributed by atoms with Gasteiger partial charge in [0.25, 0.3) is 23.6 Å². The summed E-state index contributed by atoms with van der Waals surface area (Å²) in [5.74, 6) is 3.08. The van der Waals surface area contributed by atoms with E-state index in [0.717, 1.165) is 75.8 Å². The Labute approximate surface area is 864 Å². The average molecular weight is 2020 g/mol. The zero-order chi connectivity index (χ0) is 107. The number of aliphatic hydroxyl groups excluding tert-OH is 3. The zero-order valence-electron chi connectivity index (χ0n) is 88.2. The molecule has 0 saturated carbocycles. The van der Waals surface area contributed by atoms with Crippen LogP contribution in [0, 0.1) is 5.92 Å². The summed E-state index contributed by atoms with van der Waals surface area (Å²) in [5.41, 5.74) is 29.7. The first-order chi connectivity index (χ1) is 69.6. The summed E-state index contributed by atoms with van der Waals surface area (Å²) in [7, 11) is 0. The lowest BCUT2D eigenvalue weighted by atomic mass is 9.75. The van der Waals surface area contributed by atoms with Gasteiger partial charge in [-0.15, -0.1) is 0 Å². The Hall–Kier alpha value is -13.8. The molecule has 9 aliphatic heterocycles. The Morgan fingerprint density at radius 2 is 0.716 bits per heavy atom. The average Bonchev–Trinajstić information content (AvgIpc) is 0.861. The molecule has 12 aliphatic rings. The summed E-state index contributed by atoms with van der Waals surface area (Å²) in [4.78, 5) is 132. The highest BCUT2D eigenvalue weighted by atomic mass is 16.5. The van der Waals surface area contributed by atoms with E-state index in [-0.39, 0.29) is 113 Å². The van der Waals surface area contributed by atoms with Gasteiger partial charge in [-0.3, -0.25) is 58.0 Å². The quantitative estimate of drug-likeness (QED) is 0.0453. The van der Waals surface area contributed by atoms with Crippen molar-refractivity contribution in [1.82, 2.24) is 40.9 Å². The van der Waals surface area contributed by atoms with Crippen molar-refractivity contribution in [3.05, 3.63) is 253 Å². The number of nitrogens with zero attached hydrogens (tertiary/aromatic N) is 8. The molecule has 0 radical (unpaired) electrons. The van der Waals surface area contributed by atoms with Gasteiger partial charge in [-0.2, -0.15) is 0 Å². The fourth-order valence-corrected chi connectivity index (χ4v) is 23.0. The van der Waals surface area contributed by atoms with E-state index >= 15 is 0 Å². The number of ether oxygens (including phenoxy) is 5. The van der Waals surface area contributed by atoms with E-state index in [0.29, 0.717) is 107 Å². The van der Waals surface area contributed by atoms with Crippen LogP contribution in [0.5, 0.6) is 28.7 Å². The van der Waals surface area contributed by atoms with Gasteiger partial charge >= 0.3 is 0 Å². The molecule has 0 fully saturated rings. The molecule has 3 aliphatic carbocycles. The lowest BCUT2D eigenvalue weighted by molar-refractivity contribution is -0.137. The van der Waals surface area contributed by atoms with E-state index in [1.165, 1.54) is 4.90 Å². The number of nitrogens with one attached hydrogen (secondary N) is 4. The van der Waals surface area contributed by atoms with E-state index < -0.39 is 98.7 Å². The number of guanidine groups is 4. The van der Waals surface area contributed by atoms with Gasteiger partial charge in [0.1, 0.15) is 75.1 Å². The maximum atomic E-state index is 13.6. The Bertz CT molecular complexity index is 6550. The van der Waals surface area contributed by atoms with Gasteiger partial charge in [-0.25, -0.2) is 20.0 Å². The number of carbonyl (C=O) groups excluding carboxylic acids is 8. The number of hydrogen-bond donors (Lipinski definition) is 12.